The van der Waals surface area contributed by atoms with Crippen molar-refractivity contribution in [1.82, 2.24) is 5.32 Å². The molecule has 0 radical (unpaired) electrons. The normalized spacial score (nSPS) is 10.0. The van der Waals surface area contributed by atoms with E-state index in [4.69, 9.17) is 21.1 Å². The van der Waals surface area contributed by atoms with Crippen LogP contribution in [-0.4, -0.2) is 39.6 Å². The molecule has 0 aromatic heterocycles. The van der Waals surface area contributed by atoms with Gasteiger partial charge in [-0.15, -0.1) is 0 Å². The maximum atomic E-state index is 12.1. The zero-order valence-corrected chi connectivity index (χ0v) is 15.4. The largest absolute Gasteiger partial charge is 0.495 e. The first-order valence-electron chi connectivity index (χ1n) is 7.76. The van der Waals surface area contributed by atoms with Gasteiger partial charge in [0.2, 0.25) is 5.91 Å². The molecule has 0 aliphatic carbocycles. The second-order valence-electron chi connectivity index (χ2n) is 5.25. The van der Waals surface area contributed by atoms with Gasteiger partial charge in [-0.3, -0.25) is 9.59 Å². The lowest BCUT2D eigenvalue weighted by molar-refractivity contribution is -0.114. The minimum absolute atomic E-state index is 0.0122. The molecule has 2 aromatic rings. The molecule has 0 heterocycles. The minimum Gasteiger partial charge on any atom is -0.495 e. The Hall–Kier alpha value is -2.93. The summed E-state index contributed by atoms with van der Waals surface area (Å²) in [5, 5.41) is 8.68. The SMILES string of the molecule is CNC(=O)c1ccc(NC(=O)CNc2cc(OC)c(Cl)cc2OC)cc1. The molecular formula is C18H20ClN3O4. The number of benzene rings is 2. The third kappa shape index (κ3) is 4.80. The highest BCUT2D eigenvalue weighted by Crippen LogP contribution is 2.35. The second-order valence-corrected chi connectivity index (χ2v) is 5.65. The fourth-order valence-electron chi connectivity index (χ4n) is 2.23. The van der Waals surface area contributed by atoms with Crippen molar-refractivity contribution in [3.8, 4) is 11.5 Å². The van der Waals surface area contributed by atoms with E-state index in [-0.39, 0.29) is 18.4 Å². The number of hydrogen-bond donors (Lipinski definition) is 3. The predicted molar refractivity (Wildman–Crippen MR) is 102 cm³/mol. The Balaban J connectivity index is 1.99. The summed E-state index contributed by atoms with van der Waals surface area (Å²) in [4.78, 5) is 23.6. The van der Waals surface area contributed by atoms with Crippen LogP contribution >= 0.6 is 11.6 Å². The summed E-state index contributed by atoms with van der Waals surface area (Å²) in [7, 11) is 4.58. The van der Waals surface area contributed by atoms with Crippen LogP contribution in [0, 0.1) is 0 Å². The highest BCUT2D eigenvalue weighted by atomic mass is 35.5. The standard InChI is InChI=1S/C18H20ClN3O4/c1-20-18(24)11-4-6-12(7-5-11)22-17(23)10-21-14-9-15(25-2)13(19)8-16(14)26-3/h4-9,21H,10H2,1-3H3,(H,20,24)(H,22,23). The van der Waals surface area contributed by atoms with Gasteiger partial charge in [-0.05, 0) is 24.3 Å². The van der Waals surface area contributed by atoms with Crippen molar-refractivity contribution in [1.29, 1.82) is 0 Å². The summed E-state index contributed by atoms with van der Waals surface area (Å²) in [6, 6.07) is 9.86. The zero-order chi connectivity index (χ0) is 19.1. The third-order valence-electron chi connectivity index (χ3n) is 3.57. The van der Waals surface area contributed by atoms with Crippen molar-refractivity contribution in [3.63, 3.8) is 0 Å². The lowest BCUT2D eigenvalue weighted by Crippen LogP contribution is -2.22. The van der Waals surface area contributed by atoms with Gasteiger partial charge >= 0.3 is 0 Å². The van der Waals surface area contributed by atoms with E-state index < -0.39 is 0 Å². The van der Waals surface area contributed by atoms with Crippen LogP contribution in [0.15, 0.2) is 36.4 Å². The molecule has 0 spiro atoms. The molecule has 0 fully saturated rings. The molecule has 26 heavy (non-hydrogen) atoms. The van der Waals surface area contributed by atoms with Gasteiger partial charge in [0, 0.05) is 30.4 Å². The molecular weight excluding hydrogens is 358 g/mol. The van der Waals surface area contributed by atoms with Crippen LogP contribution in [0.3, 0.4) is 0 Å². The van der Waals surface area contributed by atoms with Gasteiger partial charge in [-0.2, -0.15) is 0 Å². The first kappa shape index (κ1) is 19.4. The quantitative estimate of drug-likeness (QED) is 0.690. The Bertz CT molecular complexity index is 794. The van der Waals surface area contributed by atoms with Crippen molar-refractivity contribution in [2.75, 3.05) is 38.4 Å². The Kier molecular flexibility index (Phi) is 6.68. The van der Waals surface area contributed by atoms with Crippen LogP contribution in [0.4, 0.5) is 11.4 Å². The van der Waals surface area contributed by atoms with Crippen LogP contribution in [0.25, 0.3) is 0 Å². The van der Waals surface area contributed by atoms with E-state index >= 15 is 0 Å². The van der Waals surface area contributed by atoms with Crippen LogP contribution in [0.5, 0.6) is 11.5 Å². The summed E-state index contributed by atoms with van der Waals surface area (Å²) in [6.07, 6.45) is 0. The fraction of sp³-hybridized carbons (Fsp3) is 0.222. The predicted octanol–water partition coefficient (Wildman–Crippen LogP) is 2.77. The fourth-order valence-corrected chi connectivity index (χ4v) is 2.46. The first-order valence-corrected chi connectivity index (χ1v) is 8.13. The molecule has 0 aliphatic rings. The van der Waals surface area contributed by atoms with Gasteiger partial charge in [-0.25, -0.2) is 0 Å². The number of rotatable bonds is 7. The van der Waals surface area contributed by atoms with Crippen LogP contribution in [0.2, 0.25) is 5.02 Å². The summed E-state index contributed by atoms with van der Waals surface area (Å²) in [5.41, 5.74) is 1.69. The molecule has 0 saturated heterocycles. The van der Waals surface area contributed by atoms with E-state index in [2.05, 4.69) is 16.0 Å². The number of methoxy groups -OCH3 is 2. The molecule has 2 aromatic carbocycles. The smallest absolute Gasteiger partial charge is 0.251 e. The molecule has 3 N–H and O–H groups in total. The van der Waals surface area contributed by atoms with E-state index in [1.807, 2.05) is 0 Å². The van der Waals surface area contributed by atoms with Gasteiger partial charge < -0.3 is 25.4 Å². The number of hydrogen-bond acceptors (Lipinski definition) is 5. The third-order valence-corrected chi connectivity index (χ3v) is 3.87. The molecule has 7 nitrogen and oxygen atoms in total. The van der Waals surface area contributed by atoms with E-state index in [0.29, 0.717) is 33.5 Å². The Morgan fingerprint density at radius 2 is 1.69 bits per heavy atom. The van der Waals surface area contributed by atoms with E-state index in [1.54, 1.807) is 43.4 Å². The average molecular weight is 378 g/mol. The number of nitrogens with one attached hydrogen (secondary N) is 3. The van der Waals surface area contributed by atoms with E-state index in [0.717, 1.165) is 0 Å². The molecule has 0 saturated carbocycles. The molecule has 2 amide bonds. The number of amides is 2. The van der Waals surface area contributed by atoms with Crippen molar-refractivity contribution in [3.05, 3.63) is 47.0 Å². The molecule has 0 unspecified atom stereocenters. The lowest BCUT2D eigenvalue weighted by atomic mass is 10.2. The molecule has 2 rings (SSSR count). The van der Waals surface area contributed by atoms with Crippen molar-refractivity contribution >= 4 is 34.8 Å². The maximum absolute atomic E-state index is 12.1. The van der Waals surface area contributed by atoms with Gasteiger partial charge in [0.25, 0.3) is 5.91 Å². The zero-order valence-electron chi connectivity index (χ0n) is 14.7. The van der Waals surface area contributed by atoms with Crippen molar-refractivity contribution in [2.24, 2.45) is 0 Å². The number of halogens is 1. The van der Waals surface area contributed by atoms with Crippen LogP contribution < -0.4 is 25.4 Å². The molecule has 0 atom stereocenters. The van der Waals surface area contributed by atoms with Crippen LogP contribution in [-0.2, 0) is 4.79 Å². The highest BCUT2D eigenvalue weighted by Gasteiger charge is 2.11. The number of ether oxygens (including phenoxy) is 2. The van der Waals surface area contributed by atoms with Crippen LogP contribution in [0.1, 0.15) is 10.4 Å². The minimum atomic E-state index is -0.256. The highest BCUT2D eigenvalue weighted by molar-refractivity contribution is 6.32. The Morgan fingerprint density at radius 1 is 1.04 bits per heavy atom. The number of carbonyl (C=O) groups excluding carboxylic acids is 2. The monoisotopic (exact) mass is 377 g/mol. The number of anilines is 2. The summed E-state index contributed by atoms with van der Waals surface area (Å²) in [6.45, 7) is 0.0122. The number of carbonyl (C=O) groups is 2. The summed E-state index contributed by atoms with van der Waals surface area (Å²) < 4.78 is 10.4. The van der Waals surface area contributed by atoms with Gasteiger partial charge in [0.1, 0.15) is 11.5 Å². The Labute approximate surface area is 156 Å². The molecule has 8 heteroatoms. The summed E-state index contributed by atoms with van der Waals surface area (Å²) in [5.74, 6) is 0.528. The molecule has 138 valence electrons. The first-order chi connectivity index (χ1) is 12.5. The van der Waals surface area contributed by atoms with Crippen molar-refractivity contribution in [2.45, 2.75) is 0 Å². The lowest BCUT2D eigenvalue weighted by Gasteiger charge is -2.14. The van der Waals surface area contributed by atoms with E-state index in [9.17, 15) is 9.59 Å². The van der Waals surface area contributed by atoms with Gasteiger partial charge in [0.15, 0.2) is 0 Å². The average Bonchev–Trinajstić information content (AvgIpc) is 2.66. The van der Waals surface area contributed by atoms with Gasteiger partial charge in [-0.1, -0.05) is 11.6 Å². The maximum Gasteiger partial charge on any atom is 0.251 e. The molecule has 0 aliphatic heterocycles. The van der Waals surface area contributed by atoms with Gasteiger partial charge in [0.05, 0.1) is 31.5 Å². The Morgan fingerprint density at radius 3 is 2.27 bits per heavy atom. The topological polar surface area (TPSA) is 88.7 Å². The molecule has 0 bridgehead atoms. The summed E-state index contributed by atoms with van der Waals surface area (Å²) >= 11 is 6.06. The van der Waals surface area contributed by atoms with Crippen molar-refractivity contribution < 1.29 is 19.1 Å². The second kappa shape index (κ2) is 8.96. The van der Waals surface area contributed by atoms with E-state index in [1.165, 1.54) is 14.2 Å².